The second kappa shape index (κ2) is 5.14. The number of rotatable bonds is 3. The van der Waals surface area contributed by atoms with Gasteiger partial charge in [0.15, 0.2) is 17.4 Å². The maximum absolute atomic E-state index is 13.5. The van der Waals surface area contributed by atoms with Gasteiger partial charge in [-0.3, -0.25) is 0 Å². The zero-order chi connectivity index (χ0) is 13.1. The van der Waals surface area contributed by atoms with Crippen LogP contribution >= 0.6 is 0 Å². The summed E-state index contributed by atoms with van der Waals surface area (Å²) >= 11 is 0. The Balaban J connectivity index is 2.35. The quantitative estimate of drug-likeness (QED) is 0.846. The molecule has 0 fully saturated rings. The van der Waals surface area contributed by atoms with Crippen molar-refractivity contribution in [1.29, 1.82) is 0 Å². The van der Waals surface area contributed by atoms with Crippen LogP contribution in [0.1, 0.15) is 0 Å². The highest BCUT2D eigenvalue weighted by Gasteiger charge is 2.14. The first kappa shape index (κ1) is 12.5. The van der Waals surface area contributed by atoms with Crippen molar-refractivity contribution < 1.29 is 22.9 Å². The van der Waals surface area contributed by atoms with Crippen LogP contribution in [0, 0.1) is 17.5 Å². The molecule has 0 saturated carbocycles. The van der Waals surface area contributed by atoms with Crippen molar-refractivity contribution in [2.24, 2.45) is 0 Å². The monoisotopic (exact) mass is 251 g/mol. The van der Waals surface area contributed by atoms with Crippen molar-refractivity contribution >= 4 is 12.9 Å². The lowest BCUT2D eigenvalue weighted by Crippen LogP contribution is -2.15. The summed E-state index contributed by atoms with van der Waals surface area (Å²) in [6, 6.07) is 6.72. The molecule has 0 aliphatic heterocycles. The minimum atomic E-state index is -0.987. The van der Waals surface area contributed by atoms with E-state index in [9.17, 15) is 13.2 Å². The molecule has 0 amide bonds. The van der Waals surface area contributed by atoms with Gasteiger partial charge in [0.25, 0.3) is 0 Å². The summed E-state index contributed by atoms with van der Waals surface area (Å²) in [5.41, 5.74) is -0.0309. The van der Waals surface area contributed by atoms with Gasteiger partial charge in [-0.15, -0.1) is 0 Å². The third kappa shape index (κ3) is 2.65. The predicted octanol–water partition coefficient (Wildman–Crippen LogP) is 2.13. The van der Waals surface area contributed by atoms with Gasteiger partial charge >= 0.3 is 7.48 Å². The summed E-state index contributed by atoms with van der Waals surface area (Å²) in [7, 11) is 0.568. The molecule has 2 rings (SSSR count). The van der Waals surface area contributed by atoms with Crippen molar-refractivity contribution in [3.05, 3.63) is 53.8 Å². The molecular weight excluding hydrogens is 244 g/mol. The first-order chi connectivity index (χ1) is 8.60. The molecule has 2 aromatic rings. The van der Waals surface area contributed by atoms with Crippen LogP contribution in [0.15, 0.2) is 36.4 Å². The van der Waals surface area contributed by atoms with Gasteiger partial charge in [0.05, 0.1) is 0 Å². The van der Waals surface area contributed by atoms with Crippen molar-refractivity contribution in [2.75, 3.05) is 0 Å². The average molecular weight is 251 g/mol. The molecule has 0 heterocycles. The van der Waals surface area contributed by atoms with Crippen LogP contribution in [-0.4, -0.2) is 12.5 Å². The second-order valence-electron chi connectivity index (χ2n) is 3.50. The zero-order valence-electron chi connectivity index (χ0n) is 9.03. The van der Waals surface area contributed by atoms with E-state index < -0.39 is 23.2 Å². The van der Waals surface area contributed by atoms with Crippen LogP contribution in [-0.2, 0) is 0 Å². The highest BCUT2D eigenvalue weighted by Crippen LogP contribution is 2.26. The van der Waals surface area contributed by atoms with E-state index >= 15 is 0 Å². The van der Waals surface area contributed by atoms with Gasteiger partial charge in [-0.2, -0.15) is 0 Å². The van der Waals surface area contributed by atoms with Gasteiger partial charge in [0.2, 0.25) is 0 Å². The lowest BCUT2D eigenvalue weighted by molar-refractivity contribution is 0.405. The van der Waals surface area contributed by atoms with E-state index in [1.165, 1.54) is 18.2 Å². The van der Waals surface area contributed by atoms with Crippen LogP contribution in [0.2, 0.25) is 0 Å². The lowest BCUT2D eigenvalue weighted by atomic mass is 9.88. The third-order valence-corrected chi connectivity index (χ3v) is 2.19. The summed E-state index contributed by atoms with van der Waals surface area (Å²) < 4.78 is 44.8. The number of hydrogen-bond acceptors (Lipinski definition) is 2. The van der Waals surface area contributed by atoms with E-state index in [1.807, 2.05) is 0 Å². The molecule has 0 aromatic heterocycles. The predicted molar refractivity (Wildman–Crippen MR) is 60.4 cm³/mol. The molecule has 1 N–H and O–H groups in total. The van der Waals surface area contributed by atoms with E-state index in [2.05, 4.69) is 0 Å². The Labute approximate surface area is 102 Å². The van der Waals surface area contributed by atoms with Gasteiger partial charge in [-0.05, 0) is 29.7 Å². The minimum absolute atomic E-state index is 0.0199. The average Bonchev–Trinajstić information content (AvgIpc) is 2.33. The summed E-state index contributed by atoms with van der Waals surface area (Å²) in [6.07, 6.45) is 0. The van der Waals surface area contributed by atoms with E-state index in [4.69, 9.17) is 9.76 Å². The molecular formula is C12H7BF3O2. The van der Waals surface area contributed by atoms with E-state index in [1.54, 1.807) is 0 Å². The molecule has 6 heteroatoms. The van der Waals surface area contributed by atoms with E-state index in [0.717, 1.165) is 18.2 Å². The molecule has 0 unspecified atom stereocenters. The van der Waals surface area contributed by atoms with Crippen molar-refractivity contribution in [1.82, 2.24) is 0 Å². The van der Waals surface area contributed by atoms with Crippen molar-refractivity contribution in [3.8, 4) is 11.5 Å². The van der Waals surface area contributed by atoms with Crippen LogP contribution < -0.4 is 10.2 Å². The SMILES string of the molecule is O[B]c1cc(F)c(Oc2cccc(F)c2)c(F)c1. The van der Waals surface area contributed by atoms with E-state index in [0.29, 0.717) is 7.48 Å². The topological polar surface area (TPSA) is 29.5 Å². The Morgan fingerprint density at radius 3 is 2.22 bits per heavy atom. The molecule has 0 aliphatic rings. The largest absolute Gasteiger partial charge is 0.451 e. The highest BCUT2D eigenvalue weighted by atomic mass is 19.1. The molecule has 2 nitrogen and oxygen atoms in total. The Kier molecular flexibility index (Phi) is 3.57. The smallest absolute Gasteiger partial charge is 0.326 e. The Bertz CT molecular complexity index is 552. The summed E-state index contributed by atoms with van der Waals surface area (Å²) in [4.78, 5) is 0. The maximum atomic E-state index is 13.5. The molecule has 0 aliphatic carbocycles. The molecule has 0 bridgehead atoms. The van der Waals surface area contributed by atoms with Crippen LogP contribution in [0.3, 0.4) is 0 Å². The summed E-state index contributed by atoms with van der Waals surface area (Å²) in [5, 5.41) is 8.65. The minimum Gasteiger partial charge on any atom is -0.451 e. The standard InChI is InChI=1S/C12H7BF3O2/c14-8-2-1-3-9(6-8)18-12-10(15)4-7(13-17)5-11(12)16/h1-6,17H. The molecule has 0 spiro atoms. The van der Waals surface area contributed by atoms with Crippen molar-refractivity contribution in [3.63, 3.8) is 0 Å². The van der Waals surface area contributed by atoms with Crippen LogP contribution in [0.4, 0.5) is 13.2 Å². The van der Waals surface area contributed by atoms with Crippen LogP contribution in [0.5, 0.6) is 11.5 Å². The molecule has 0 saturated heterocycles. The van der Waals surface area contributed by atoms with Crippen molar-refractivity contribution in [2.45, 2.75) is 0 Å². The normalized spacial score (nSPS) is 10.2. The summed E-state index contributed by atoms with van der Waals surface area (Å²) in [5.74, 6) is -3.22. The fraction of sp³-hybridized carbons (Fsp3) is 0. The number of benzene rings is 2. The Morgan fingerprint density at radius 2 is 1.67 bits per heavy atom. The second-order valence-corrected chi connectivity index (χ2v) is 3.50. The Morgan fingerprint density at radius 1 is 1.00 bits per heavy atom. The summed E-state index contributed by atoms with van der Waals surface area (Å²) in [6.45, 7) is 0. The number of halogens is 3. The van der Waals surface area contributed by atoms with Crippen LogP contribution in [0.25, 0.3) is 0 Å². The first-order valence-corrected chi connectivity index (χ1v) is 5.00. The fourth-order valence-electron chi connectivity index (χ4n) is 1.40. The molecule has 91 valence electrons. The fourth-order valence-corrected chi connectivity index (χ4v) is 1.40. The van der Waals surface area contributed by atoms with E-state index in [-0.39, 0.29) is 11.2 Å². The molecule has 18 heavy (non-hydrogen) atoms. The zero-order valence-corrected chi connectivity index (χ0v) is 9.03. The molecule has 0 atom stereocenters. The lowest BCUT2D eigenvalue weighted by Gasteiger charge is -2.08. The first-order valence-electron chi connectivity index (χ1n) is 5.00. The van der Waals surface area contributed by atoms with Gasteiger partial charge in [0.1, 0.15) is 11.6 Å². The number of hydrogen-bond donors (Lipinski definition) is 1. The maximum Gasteiger partial charge on any atom is 0.326 e. The molecule has 1 radical (unpaired) electrons. The number of ether oxygens (including phenoxy) is 1. The highest BCUT2D eigenvalue weighted by molar-refractivity contribution is 6.45. The molecule has 2 aromatic carbocycles. The third-order valence-electron chi connectivity index (χ3n) is 2.19. The van der Waals surface area contributed by atoms with Gasteiger partial charge in [0, 0.05) is 6.07 Å². The Hall–Kier alpha value is -1.95. The van der Waals surface area contributed by atoms with Gasteiger partial charge in [-0.25, -0.2) is 13.2 Å². The van der Waals surface area contributed by atoms with Gasteiger partial charge in [-0.1, -0.05) is 6.07 Å². The van der Waals surface area contributed by atoms with Gasteiger partial charge < -0.3 is 9.76 Å².